The molecule has 0 unspecified atom stereocenters. The van der Waals surface area contributed by atoms with Crippen molar-refractivity contribution in [2.75, 3.05) is 24.5 Å². The fraction of sp³-hybridized carbons (Fsp3) is 0.281. The van der Waals surface area contributed by atoms with Gasteiger partial charge in [-0.3, -0.25) is 9.36 Å². The highest BCUT2D eigenvalue weighted by atomic mass is 35.5. The number of hydrogen-bond acceptors (Lipinski definition) is 5. The van der Waals surface area contributed by atoms with E-state index in [1.807, 2.05) is 49.9 Å². The number of aromatic hydroxyl groups is 1. The number of piperazine rings is 1. The monoisotopic (exact) mass is 574 g/mol. The second-order valence-corrected chi connectivity index (χ2v) is 11.1. The standard InChI is InChI=1S/C32H32ClFN4O3/c1-6-27(40)36-14-15-37(19(4)17-36)31-22-16-23(33)28(29-24(34)11-9-13-26(29)39)20(5)30(22)38(32(41)35-31)25-12-8-7-10-21(25)18(2)3/h6-13,16,18-19,39H,1,14-15,17H2,2-5H3/t19-/m0/s1. The first kappa shape index (κ1) is 28.4. The van der Waals surface area contributed by atoms with E-state index in [0.717, 1.165) is 5.56 Å². The lowest BCUT2D eigenvalue weighted by atomic mass is 9.95. The number of rotatable bonds is 5. The minimum Gasteiger partial charge on any atom is -0.507 e. The van der Waals surface area contributed by atoms with Crippen LogP contribution < -0.4 is 10.6 Å². The van der Waals surface area contributed by atoms with Crippen molar-refractivity contribution in [1.82, 2.24) is 14.5 Å². The van der Waals surface area contributed by atoms with Crippen LogP contribution in [0.15, 0.2) is 66.0 Å². The van der Waals surface area contributed by atoms with Gasteiger partial charge in [0.05, 0.1) is 16.8 Å². The quantitative estimate of drug-likeness (QED) is 0.287. The van der Waals surface area contributed by atoms with Gasteiger partial charge in [0.25, 0.3) is 0 Å². The smallest absolute Gasteiger partial charge is 0.354 e. The van der Waals surface area contributed by atoms with Crippen molar-refractivity contribution in [2.45, 2.75) is 39.7 Å². The SMILES string of the molecule is C=CC(=O)N1CCN(c2nc(=O)n(-c3ccccc3C(C)C)c3c(C)c(-c4c(O)cccc4F)c(Cl)cc23)[C@@H](C)C1. The lowest BCUT2D eigenvalue weighted by molar-refractivity contribution is -0.126. The molecule has 0 aliphatic carbocycles. The summed E-state index contributed by atoms with van der Waals surface area (Å²) in [5, 5.41) is 11.5. The van der Waals surface area contributed by atoms with Gasteiger partial charge in [-0.25, -0.2) is 9.18 Å². The number of phenols is 1. The highest BCUT2D eigenvalue weighted by molar-refractivity contribution is 6.35. The Kier molecular flexibility index (Phi) is 7.62. The summed E-state index contributed by atoms with van der Waals surface area (Å²) in [6, 6.07) is 13.3. The van der Waals surface area contributed by atoms with Crippen molar-refractivity contribution in [2.24, 2.45) is 0 Å². The number of phenolic OH excluding ortho intramolecular Hbond substituents is 1. The summed E-state index contributed by atoms with van der Waals surface area (Å²) in [6.07, 6.45) is 1.30. The van der Waals surface area contributed by atoms with Crippen molar-refractivity contribution in [1.29, 1.82) is 0 Å². The molecule has 0 radical (unpaired) electrons. The van der Waals surface area contributed by atoms with Gasteiger partial charge in [-0.15, -0.1) is 0 Å². The van der Waals surface area contributed by atoms with Crippen LogP contribution in [0, 0.1) is 12.7 Å². The zero-order chi connectivity index (χ0) is 29.6. The van der Waals surface area contributed by atoms with E-state index < -0.39 is 11.5 Å². The predicted molar refractivity (Wildman–Crippen MR) is 162 cm³/mol. The zero-order valence-electron chi connectivity index (χ0n) is 23.5. The third-order valence-electron chi connectivity index (χ3n) is 7.78. The van der Waals surface area contributed by atoms with Gasteiger partial charge in [-0.1, -0.05) is 56.3 Å². The Morgan fingerprint density at radius 3 is 2.56 bits per heavy atom. The lowest BCUT2D eigenvalue weighted by Gasteiger charge is -2.40. The Labute approximate surface area is 243 Å². The maximum Gasteiger partial charge on any atom is 0.354 e. The molecule has 9 heteroatoms. The van der Waals surface area contributed by atoms with Crippen molar-refractivity contribution in [3.8, 4) is 22.6 Å². The van der Waals surface area contributed by atoms with Crippen LogP contribution in [0.25, 0.3) is 27.7 Å². The average molecular weight is 575 g/mol. The largest absolute Gasteiger partial charge is 0.507 e. The summed E-state index contributed by atoms with van der Waals surface area (Å²) in [7, 11) is 0. The molecule has 1 aliphatic heterocycles. The number of aromatic nitrogens is 2. The second-order valence-electron chi connectivity index (χ2n) is 10.7. The minimum atomic E-state index is -0.628. The summed E-state index contributed by atoms with van der Waals surface area (Å²) in [5.41, 5.74) is 2.44. The molecule has 5 rings (SSSR count). The Morgan fingerprint density at radius 2 is 1.90 bits per heavy atom. The van der Waals surface area contributed by atoms with Crippen LogP contribution in [0.4, 0.5) is 10.2 Å². The van der Waals surface area contributed by atoms with Crippen molar-refractivity contribution in [3.63, 3.8) is 0 Å². The van der Waals surface area contributed by atoms with Crippen LogP contribution in [0.1, 0.15) is 37.8 Å². The Bertz CT molecular complexity index is 1730. The zero-order valence-corrected chi connectivity index (χ0v) is 24.2. The number of hydrogen-bond donors (Lipinski definition) is 1. The van der Waals surface area contributed by atoms with E-state index in [2.05, 4.69) is 11.6 Å². The molecule has 1 aliphatic rings. The van der Waals surface area contributed by atoms with Crippen LogP contribution >= 0.6 is 11.6 Å². The molecule has 1 saturated heterocycles. The van der Waals surface area contributed by atoms with E-state index in [-0.39, 0.29) is 34.2 Å². The normalized spacial score (nSPS) is 15.5. The van der Waals surface area contributed by atoms with Crippen molar-refractivity contribution < 1.29 is 14.3 Å². The summed E-state index contributed by atoms with van der Waals surface area (Å²) < 4.78 is 16.7. The Balaban J connectivity index is 1.86. The van der Waals surface area contributed by atoms with Gasteiger partial charge in [0.15, 0.2) is 0 Å². The maximum absolute atomic E-state index is 15.2. The molecule has 1 aromatic heterocycles. The summed E-state index contributed by atoms with van der Waals surface area (Å²) in [6.45, 7) is 12.7. The number of halogens is 2. The first-order valence-corrected chi connectivity index (χ1v) is 13.9. The maximum atomic E-state index is 15.2. The molecule has 2 heterocycles. The number of carbonyl (C=O) groups excluding carboxylic acids is 1. The third-order valence-corrected chi connectivity index (χ3v) is 8.08. The molecule has 7 nitrogen and oxygen atoms in total. The van der Waals surface area contributed by atoms with Crippen LogP contribution in [-0.4, -0.2) is 51.1 Å². The number of amides is 1. The Morgan fingerprint density at radius 1 is 1.17 bits per heavy atom. The van der Waals surface area contributed by atoms with Gasteiger partial charge in [-0.05, 0) is 61.2 Å². The third kappa shape index (κ3) is 4.86. The highest BCUT2D eigenvalue weighted by Gasteiger charge is 2.31. The van der Waals surface area contributed by atoms with Gasteiger partial charge in [0.2, 0.25) is 5.91 Å². The molecular formula is C32H32ClFN4O3. The van der Waals surface area contributed by atoms with E-state index in [4.69, 9.17) is 11.6 Å². The van der Waals surface area contributed by atoms with E-state index >= 15 is 4.39 Å². The highest BCUT2D eigenvalue weighted by Crippen LogP contribution is 2.43. The van der Waals surface area contributed by atoms with E-state index in [1.54, 1.807) is 22.5 Å². The predicted octanol–water partition coefficient (Wildman–Crippen LogP) is 6.21. The lowest BCUT2D eigenvalue weighted by Crippen LogP contribution is -2.54. The molecule has 1 N–H and O–H groups in total. The van der Waals surface area contributed by atoms with E-state index in [1.165, 1.54) is 24.3 Å². The molecule has 41 heavy (non-hydrogen) atoms. The number of aryl methyl sites for hydroxylation is 1. The average Bonchev–Trinajstić information content (AvgIpc) is 2.94. The molecule has 212 valence electrons. The number of benzene rings is 3. The second kappa shape index (κ2) is 11.0. The van der Waals surface area contributed by atoms with Crippen LogP contribution in [0.2, 0.25) is 5.02 Å². The summed E-state index contributed by atoms with van der Waals surface area (Å²) >= 11 is 6.86. The van der Waals surface area contributed by atoms with Gasteiger partial charge < -0.3 is 14.9 Å². The van der Waals surface area contributed by atoms with E-state index in [0.29, 0.717) is 53.2 Å². The number of anilines is 1. The molecule has 4 aromatic rings. The van der Waals surface area contributed by atoms with Crippen molar-refractivity contribution in [3.05, 3.63) is 93.6 Å². The molecule has 3 aromatic carbocycles. The number of para-hydroxylation sites is 1. The van der Waals surface area contributed by atoms with Crippen LogP contribution in [-0.2, 0) is 4.79 Å². The van der Waals surface area contributed by atoms with Gasteiger partial charge in [-0.2, -0.15) is 4.98 Å². The van der Waals surface area contributed by atoms with Crippen LogP contribution in [0.5, 0.6) is 5.75 Å². The van der Waals surface area contributed by atoms with Gasteiger partial charge in [0, 0.05) is 41.6 Å². The minimum absolute atomic E-state index is 0.0312. The number of fused-ring (bicyclic) bond motifs is 1. The first-order valence-electron chi connectivity index (χ1n) is 13.6. The van der Waals surface area contributed by atoms with E-state index in [9.17, 15) is 14.7 Å². The van der Waals surface area contributed by atoms with Crippen LogP contribution in [0.3, 0.4) is 0 Å². The molecule has 1 atom stereocenters. The topological polar surface area (TPSA) is 78.7 Å². The first-order chi connectivity index (χ1) is 19.5. The summed E-state index contributed by atoms with van der Waals surface area (Å²) in [5.74, 6) is -0.487. The molecule has 0 saturated carbocycles. The van der Waals surface area contributed by atoms with Gasteiger partial charge >= 0.3 is 5.69 Å². The van der Waals surface area contributed by atoms with Crippen molar-refractivity contribution >= 4 is 34.2 Å². The molecular weight excluding hydrogens is 543 g/mol. The molecule has 0 bridgehead atoms. The Hall–Kier alpha value is -4.17. The number of carbonyl (C=O) groups is 1. The summed E-state index contributed by atoms with van der Waals surface area (Å²) in [4.78, 5) is 34.6. The molecule has 0 spiro atoms. The fourth-order valence-electron chi connectivity index (χ4n) is 5.81. The molecule has 1 amide bonds. The number of nitrogens with zero attached hydrogens (tertiary/aromatic N) is 4. The fourth-order valence-corrected chi connectivity index (χ4v) is 6.16. The molecule has 1 fully saturated rings. The van der Waals surface area contributed by atoms with Gasteiger partial charge in [0.1, 0.15) is 17.4 Å².